The second-order valence-electron chi connectivity index (χ2n) is 5.29. The van der Waals surface area contributed by atoms with Gasteiger partial charge in [0.25, 0.3) is 0 Å². The van der Waals surface area contributed by atoms with Crippen LogP contribution in [-0.4, -0.2) is 27.3 Å². The monoisotopic (exact) mass is 303 g/mol. The van der Waals surface area contributed by atoms with Crippen LogP contribution in [0.15, 0.2) is 30.6 Å². The largest absolute Gasteiger partial charge is 0.334 e. The molecular formula is C16H15F2N3O. The van der Waals surface area contributed by atoms with E-state index >= 15 is 0 Å². The average Bonchev–Trinajstić information content (AvgIpc) is 3.00. The van der Waals surface area contributed by atoms with Crippen molar-refractivity contribution in [1.82, 2.24) is 14.9 Å². The maximum Gasteiger partial charge on any atom is 0.220 e. The Morgan fingerprint density at radius 3 is 2.73 bits per heavy atom. The molecule has 6 heteroatoms. The van der Waals surface area contributed by atoms with Crippen LogP contribution >= 0.6 is 0 Å². The van der Waals surface area contributed by atoms with Crippen LogP contribution in [0.1, 0.15) is 31.5 Å². The van der Waals surface area contributed by atoms with E-state index in [4.69, 9.17) is 0 Å². The van der Waals surface area contributed by atoms with Crippen molar-refractivity contribution in [2.24, 2.45) is 0 Å². The normalized spacial score (nSPS) is 17.8. The SMILES string of the molecule is CC(=O)N1CCCC1c1nccnc1-c1ccc(F)c(F)c1. The highest BCUT2D eigenvalue weighted by Gasteiger charge is 2.31. The Hall–Kier alpha value is -2.37. The van der Waals surface area contributed by atoms with Gasteiger partial charge in [-0.1, -0.05) is 0 Å². The molecule has 0 radical (unpaired) electrons. The van der Waals surface area contributed by atoms with Crippen LogP contribution in [0.25, 0.3) is 11.3 Å². The molecule has 1 fully saturated rings. The van der Waals surface area contributed by atoms with Crippen LogP contribution in [0.3, 0.4) is 0 Å². The Morgan fingerprint density at radius 2 is 2.00 bits per heavy atom. The first-order chi connectivity index (χ1) is 10.6. The lowest BCUT2D eigenvalue weighted by atomic mass is 10.0. The first-order valence-corrected chi connectivity index (χ1v) is 7.11. The maximum atomic E-state index is 13.5. The fraction of sp³-hybridized carbons (Fsp3) is 0.312. The molecule has 2 aromatic rings. The summed E-state index contributed by atoms with van der Waals surface area (Å²) in [5, 5.41) is 0. The molecule has 1 aliphatic rings. The lowest BCUT2D eigenvalue weighted by Crippen LogP contribution is -2.29. The molecule has 1 saturated heterocycles. The summed E-state index contributed by atoms with van der Waals surface area (Å²) >= 11 is 0. The van der Waals surface area contributed by atoms with Gasteiger partial charge in [0, 0.05) is 31.4 Å². The average molecular weight is 303 g/mol. The summed E-state index contributed by atoms with van der Waals surface area (Å²) in [5.41, 5.74) is 1.57. The molecule has 3 rings (SSSR count). The van der Waals surface area contributed by atoms with Crippen LogP contribution in [0, 0.1) is 11.6 Å². The summed E-state index contributed by atoms with van der Waals surface area (Å²) in [6, 6.07) is 3.48. The predicted octanol–water partition coefficient (Wildman–Crippen LogP) is 3.11. The Bertz CT molecular complexity index is 720. The number of nitrogens with zero attached hydrogens (tertiary/aromatic N) is 3. The fourth-order valence-electron chi connectivity index (χ4n) is 2.89. The van der Waals surface area contributed by atoms with Gasteiger partial charge in [-0.3, -0.25) is 14.8 Å². The quantitative estimate of drug-likeness (QED) is 0.856. The minimum atomic E-state index is -0.927. The van der Waals surface area contributed by atoms with Gasteiger partial charge in [0.1, 0.15) is 0 Å². The number of hydrogen-bond acceptors (Lipinski definition) is 3. The molecule has 0 spiro atoms. The van der Waals surface area contributed by atoms with E-state index < -0.39 is 11.6 Å². The third-order valence-corrected chi connectivity index (χ3v) is 3.89. The number of likely N-dealkylation sites (tertiary alicyclic amines) is 1. The molecule has 22 heavy (non-hydrogen) atoms. The van der Waals surface area contributed by atoms with E-state index in [1.165, 1.54) is 19.2 Å². The van der Waals surface area contributed by atoms with Gasteiger partial charge in [0.15, 0.2) is 11.6 Å². The summed E-state index contributed by atoms with van der Waals surface area (Å²) in [6.07, 6.45) is 4.73. The van der Waals surface area contributed by atoms with Crippen molar-refractivity contribution in [3.05, 3.63) is 47.9 Å². The number of aromatic nitrogens is 2. The third kappa shape index (κ3) is 2.56. The summed E-state index contributed by atoms with van der Waals surface area (Å²) in [7, 11) is 0. The lowest BCUT2D eigenvalue weighted by molar-refractivity contribution is -0.129. The summed E-state index contributed by atoms with van der Waals surface area (Å²) < 4.78 is 26.6. The smallest absolute Gasteiger partial charge is 0.220 e. The van der Waals surface area contributed by atoms with Crippen molar-refractivity contribution >= 4 is 5.91 Å². The number of carbonyl (C=O) groups excluding carboxylic acids is 1. The van der Waals surface area contributed by atoms with Gasteiger partial charge in [-0.05, 0) is 31.0 Å². The van der Waals surface area contributed by atoms with Crippen molar-refractivity contribution in [3.8, 4) is 11.3 Å². The molecule has 0 bridgehead atoms. The van der Waals surface area contributed by atoms with Gasteiger partial charge in [-0.2, -0.15) is 0 Å². The van der Waals surface area contributed by atoms with Crippen LogP contribution in [0.2, 0.25) is 0 Å². The van der Waals surface area contributed by atoms with Crippen molar-refractivity contribution in [2.45, 2.75) is 25.8 Å². The molecule has 1 aliphatic heterocycles. The number of amides is 1. The highest BCUT2D eigenvalue weighted by atomic mass is 19.2. The van der Waals surface area contributed by atoms with E-state index in [-0.39, 0.29) is 11.9 Å². The Kier molecular flexibility index (Phi) is 3.83. The molecule has 0 aliphatic carbocycles. The molecule has 1 aromatic heterocycles. The first-order valence-electron chi connectivity index (χ1n) is 7.11. The number of hydrogen-bond donors (Lipinski definition) is 0. The van der Waals surface area contributed by atoms with Gasteiger partial charge in [-0.15, -0.1) is 0 Å². The molecule has 1 unspecified atom stereocenters. The van der Waals surface area contributed by atoms with Crippen LogP contribution in [0.5, 0.6) is 0 Å². The third-order valence-electron chi connectivity index (χ3n) is 3.89. The predicted molar refractivity (Wildman–Crippen MR) is 76.7 cm³/mol. The molecule has 0 saturated carbocycles. The van der Waals surface area contributed by atoms with E-state index in [0.29, 0.717) is 23.5 Å². The Balaban J connectivity index is 2.06. The summed E-state index contributed by atoms with van der Waals surface area (Å²) in [6.45, 7) is 2.19. The van der Waals surface area contributed by atoms with E-state index in [1.54, 1.807) is 11.1 Å². The molecular weight excluding hydrogens is 288 g/mol. The number of carbonyl (C=O) groups is 1. The van der Waals surface area contributed by atoms with Gasteiger partial charge in [0.05, 0.1) is 17.4 Å². The van der Waals surface area contributed by atoms with Gasteiger partial charge >= 0.3 is 0 Å². The minimum Gasteiger partial charge on any atom is -0.334 e. The lowest BCUT2D eigenvalue weighted by Gasteiger charge is -2.24. The van der Waals surface area contributed by atoms with E-state index in [1.807, 2.05) is 0 Å². The highest BCUT2D eigenvalue weighted by Crippen LogP contribution is 2.35. The topological polar surface area (TPSA) is 46.1 Å². The Labute approximate surface area is 126 Å². The maximum absolute atomic E-state index is 13.5. The van der Waals surface area contributed by atoms with Gasteiger partial charge in [-0.25, -0.2) is 8.78 Å². The second-order valence-corrected chi connectivity index (χ2v) is 5.29. The number of benzene rings is 1. The van der Waals surface area contributed by atoms with Crippen molar-refractivity contribution in [3.63, 3.8) is 0 Å². The summed E-state index contributed by atoms with van der Waals surface area (Å²) in [5.74, 6) is -1.85. The van der Waals surface area contributed by atoms with E-state index in [2.05, 4.69) is 9.97 Å². The van der Waals surface area contributed by atoms with Crippen LogP contribution < -0.4 is 0 Å². The minimum absolute atomic E-state index is 0.0237. The van der Waals surface area contributed by atoms with Gasteiger partial charge < -0.3 is 4.90 Å². The van der Waals surface area contributed by atoms with Crippen LogP contribution in [0.4, 0.5) is 8.78 Å². The molecule has 4 nitrogen and oxygen atoms in total. The number of rotatable bonds is 2. The van der Waals surface area contributed by atoms with Crippen molar-refractivity contribution in [1.29, 1.82) is 0 Å². The van der Waals surface area contributed by atoms with E-state index in [9.17, 15) is 13.6 Å². The van der Waals surface area contributed by atoms with Crippen molar-refractivity contribution < 1.29 is 13.6 Å². The van der Waals surface area contributed by atoms with Gasteiger partial charge in [0.2, 0.25) is 5.91 Å². The van der Waals surface area contributed by atoms with E-state index in [0.717, 1.165) is 25.0 Å². The molecule has 114 valence electrons. The summed E-state index contributed by atoms with van der Waals surface area (Å²) in [4.78, 5) is 22.1. The standard InChI is InChI=1S/C16H15F2N3O/c1-10(22)21-8-2-3-14(21)16-15(19-6-7-20-16)11-4-5-12(17)13(18)9-11/h4-7,9,14H,2-3,8H2,1H3. The Morgan fingerprint density at radius 1 is 1.23 bits per heavy atom. The molecule has 1 amide bonds. The zero-order valence-corrected chi connectivity index (χ0v) is 12.1. The number of halogens is 2. The molecule has 1 aromatic carbocycles. The highest BCUT2D eigenvalue weighted by molar-refractivity contribution is 5.74. The second kappa shape index (κ2) is 5.79. The molecule has 2 heterocycles. The fourth-order valence-corrected chi connectivity index (χ4v) is 2.89. The van der Waals surface area contributed by atoms with Crippen LogP contribution in [-0.2, 0) is 4.79 Å². The van der Waals surface area contributed by atoms with Crippen molar-refractivity contribution in [2.75, 3.05) is 6.54 Å². The zero-order valence-electron chi connectivity index (χ0n) is 12.1. The zero-order chi connectivity index (χ0) is 15.7. The molecule has 1 atom stereocenters. The first kappa shape index (κ1) is 14.6. The molecule has 0 N–H and O–H groups in total.